The lowest BCUT2D eigenvalue weighted by Gasteiger charge is -2.20. The summed E-state index contributed by atoms with van der Waals surface area (Å²) in [5.74, 6) is 1.06. The molecule has 116 valence electrons. The molecule has 1 aliphatic carbocycles. The van der Waals surface area contributed by atoms with E-state index in [1.165, 1.54) is 5.56 Å². The molecule has 1 unspecified atom stereocenters. The Hall–Kier alpha value is -2.30. The minimum Gasteiger partial charge on any atom is -0.497 e. The highest BCUT2D eigenvalue weighted by atomic mass is 16.5. The van der Waals surface area contributed by atoms with Gasteiger partial charge in [0.1, 0.15) is 5.75 Å². The van der Waals surface area contributed by atoms with Crippen molar-refractivity contribution >= 4 is 5.91 Å². The lowest BCUT2D eigenvalue weighted by atomic mass is 9.89. The van der Waals surface area contributed by atoms with Crippen molar-refractivity contribution in [2.75, 3.05) is 13.7 Å². The number of nitrogens with one attached hydrogen (secondary N) is 2. The van der Waals surface area contributed by atoms with Gasteiger partial charge in [-0.1, -0.05) is 12.1 Å². The first-order valence-corrected chi connectivity index (χ1v) is 7.68. The number of amides is 1. The molecule has 1 atom stereocenters. The molecule has 1 aliphatic rings. The van der Waals surface area contributed by atoms with Gasteiger partial charge in [-0.3, -0.25) is 4.79 Å². The zero-order valence-electron chi connectivity index (χ0n) is 12.8. The number of H-pyrrole nitrogens is 1. The van der Waals surface area contributed by atoms with Crippen LogP contribution in [-0.2, 0) is 24.1 Å². The number of imidazole rings is 1. The van der Waals surface area contributed by atoms with Crippen LogP contribution in [0, 0.1) is 5.92 Å². The second-order valence-electron chi connectivity index (χ2n) is 5.66. The van der Waals surface area contributed by atoms with Crippen molar-refractivity contribution < 1.29 is 9.53 Å². The molecule has 5 heteroatoms. The van der Waals surface area contributed by atoms with Crippen LogP contribution in [0.5, 0.6) is 5.75 Å². The smallest absolute Gasteiger partial charge is 0.223 e. The third-order valence-electron chi connectivity index (χ3n) is 4.23. The number of nitrogens with zero attached hydrogens (tertiary/aromatic N) is 1. The van der Waals surface area contributed by atoms with E-state index in [2.05, 4.69) is 15.3 Å². The summed E-state index contributed by atoms with van der Waals surface area (Å²) in [7, 11) is 1.66. The van der Waals surface area contributed by atoms with E-state index in [0.717, 1.165) is 42.8 Å². The first-order chi connectivity index (χ1) is 10.8. The molecule has 0 saturated heterocycles. The van der Waals surface area contributed by atoms with Crippen molar-refractivity contribution in [2.24, 2.45) is 5.92 Å². The molecule has 0 radical (unpaired) electrons. The van der Waals surface area contributed by atoms with Crippen LogP contribution in [0.3, 0.4) is 0 Å². The zero-order valence-corrected chi connectivity index (χ0v) is 12.8. The average molecular weight is 299 g/mol. The maximum atomic E-state index is 12.3. The van der Waals surface area contributed by atoms with Gasteiger partial charge in [-0.2, -0.15) is 0 Å². The zero-order chi connectivity index (χ0) is 15.4. The predicted molar refractivity (Wildman–Crippen MR) is 83.8 cm³/mol. The van der Waals surface area contributed by atoms with Crippen molar-refractivity contribution in [2.45, 2.75) is 25.7 Å². The third-order valence-corrected chi connectivity index (χ3v) is 4.23. The van der Waals surface area contributed by atoms with Gasteiger partial charge in [0.25, 0.3) is 0 Å². The maximum absolute atomic E-state index is 12.3. The van der Waals surface area contributed by atoms with Crippen molar-refractivity contribution in [1.29, 1.82) is 0 Å². The lowest BCUT2D eigenvalue weighted by Crippen LogP contribution is -2.35. The molecule has 3 rings (SSSR count). The van der Waals surface area contributed by atoms with E-state index in [1.54, 1.807) is 13.4 Å². The van der Waals surface area contributed by atoms with Crippen molar-refractivity contribution in [3.05, 3.63) is 47.5 Å². The maximum Gasteiger partial charge on any atom is 0.223 e. The van der Waals surface area contributed by atoms with Gasteiger partial charge in [0.05, 0.1) is 19.1 Å². The molecule has 1 amide bonds. The van der Waals surface area contributed by atoms with Gasteiger partial charge in [0.15, 0.2) is 0 Å². The average Bonchev–Trinajstić information content (AvgIpc) is 3.03. The van der Waals surface area contributed by atoms with Gasteiger partial charge < -0.3 is 15.0 Å². The molecule has 0 aliphatic heterocycles. The van der Waals surface area contributed by atoms with Crippen LogP contribution in [-0.4, -0.2) is 29.5 Å². The summed E-state index contributed by atoms with van der Waals surface area (Å²) in [4.78, 5) is 19.7. The molecule has 1 heterocycles. The highest BCUT2D eigenvalue weighted by molar-refractivity contribution is 5.79. The summed E-state index contributed by atoms with van der Waals surface area (Å²) in [6.07, 6.45) is 5.08. The van der Waals surface area contributed by atoms with E-state index in [1.807, 2.05) is 24.3 Å². The number of hydrogen-bond acceptors (Lipinski definition) is 3. The Morgan fingerprint density at radius 3 is 3.00 bits per heavy atom. The van der Waals surface area contributed by atoms with Crippen LogP contribution >= 0.6 is 0 Å². The Balaban J connectivity index is 1.46. The second kappa shape index (κ2) is 6.64. The van der Waals surface area contributed by atoms with Crippen LogP contribution < -0.4 is 10.1 Å². The highest BCUT2D eigenvalue weighted by Crippen LogP contribution is 2.22. The molecular weight excluding hydrogens is 278 g/mol. The fourth-order valence-corrected chi connectivity index (χ4v) is 2.89. The van der Waals surface area contributed by atoms with Crippen LogP contribution in [0.15, 0.2) is 30.6 Å². The number of carbonyl (C=O) groups excluding carboxylic acids is 1. The van der Waals surface area contributed by atoms with Crippen molar-refractivity contribution in [1.82, 2.24) is 15.3 Å². The number of aromatic amines is 1. The number of ether oxygens (including phenoxy) is 1. The van der Waals surface area contributed by atoms with E-state index in [-0.39, 0.29) is 11.8 Å². The molecule has 2 aromatic rings. The number of methoxy groups -OCH3 is 1. The van der Waals surface area contributed by atoms with E-state index in [9.17, 15) is 4.79 Å². The summed E-state index contributed by atoms with van der Waals surface area (Å²) >= 11 is 0. The Bertz CT molecular complexity index is 634. The Labute approximate surface area is 130 Å². The summed E-state index contributed by atoms with van der Waals surface area (Å²) in [6, 6.07) is 7.95. The highest BCUT2D eigenvalue weighted by Gasteiger charge is 2.25. The minimum atomic E-state index is 0.0591. The number of carbonyl (C=O) groups is 1. The summed E-state index contributed by atoms with van der Waals surface area (Å²) in [5, 5.41) is 3.05. The van der Waals surface area contributed by atoms with E-state index in [4.69, 9.17) is 4.74 Å². The van der Waals surface area contributed by atoms with Crippen molar-refractivity contribution in [3.8, 4) is 5.75 Å². The molecule has 1 aromatic carbocycles. The SMILES string of the molecule is COc1ccc(CCNC(=O)C2CCc3nc[nH]c3C2)cc1. The van der Waals surface area contributed by atoms with Gasteiger partial charge in [0, 0.05) is 24.6 Å². The normalized spacial score (nSPS) is 16.9. The van der Waals surface area contributed by atoms with Gasteiger partial charge >= 0.3 is 0 Å². The standard InChI is InChI=1S/C17H21N3O2/c1-22-14-5-2-12(3-6-14)8-9-18-17(21)13-4-7-15-16(10-13)20-11-19-15/h2-3,5-6,11,13H,4,7-10H2,1H3,(H,18,21)(H,19,20). The summed E-state index contributed by atoms with van der Waals surface area (Å²) < 4.78 is 5.14. The van der Waals surface area contributed by atoms with Crippen LogP contribution in [0.1, 0.15) is 23.4 Å². The predicted octanol–water partition coefficient (Wildman–Crippen LogP) is 1.88. The molecule has 2 N–H and O–H groups in total. The summed E-state index contributed by atoms with van der Waals surface area (Å²) in [6.45, 7) is 0.664. The number of fused-ring (bicyclic) bond motifs is 1. The quantitative estimate of drug-likeness (QED) is 0.886. The van der Waals surface area contributed by atoms with Gasteiger partial charge in [-0.25, -0.2) is 4.98 Å². The van der Waals surface area contributed by atoms with E-state index < -0.39 is 0 Å². The van der Waals surface area contributed by atoms with Crippen LogP contribution in [0.2, 0.25) is 0 Å². The van der Waals surface area contributed by atoms with Gasteiger partial charge in [-0.15, -0.1) is 0 Å². The number of aryl methyl sites for hydroxylation is 1. The Morgan fingerprint density at radius 2 is 2.23 bits per heavy atom. The number of hydrogen-bond donors (Lipinski definition) is 2. The van der Waals surface area contributed by atoms with Crippen LogP contribution in [0.4, 0.5) is 0 Å². The number of rotatable bonds is 5. The monoisotopic (exact) mass is 299 g/mol. The molecule has 0 saturated carbocycles. The Kier molecular flexibility index (Phi) is 4.42. The molecule has 1 aromatic heterocycles. The van der Waals surface area contributed by atoms with E-state index >= 15 is 0 Å². The molecular formula is C17H21N3O2. The lowest BCUT2D eigenvalue weighted by molar-refractivity contribution is -0.125. The molecule has 22 heavy (non-hydrogen) atoms. The third kappa shape index (κ3) is 3.30. The van der Waals surface area contributed by atoms with Crippen LogP contribution in [0.25, 0.3) is 0 Å². The molecule has 0 spiro atoms. The molecule has 5 nitrogen and oxygen atoms in total. The molecule has 0 fully saturated rings. The second-order valence-corrected chi connectivity index (χ2v) is 5.66. The number of benzene rings is 1. The Morgan fingerprint density at radius 1 is 1.41 bits per heavy atom. The minimum absolute atomic E-state index is 0.0591. The number of aromatic nitrogens is 2. The fraction of sp³-hybridized carbons (Fsp3) is 0.412. The summed E-state index contributed by atoms with van der Waals surface area (Å²) in [5.41, 5.74) is 3.42. The van der Waals surface area contributed by atoms with Gasteiger partial charge in [0.2, 0.25) is 5.91 Å². The topological polar surface area (TPSA) is 67.0 Å². The van der Waals surface area contributed by atoms with Gasteiger partial charge in [-0.05, 0) is 37.0 Å². The van der Waals surface area contributed by atoms with Crippen molar-refractivity contribution in [3.63, 3.8) is 0 Å². The first kappa shape index (κ1) is 14.6. The fourth-order valence-electron chi connectivity index (χ4n) is 2.89. The molecule has 0 bridgehead atoms. The van der Waals surface area contributed by atoms with E-state index in [0.29, 0.717) is 6.54 Å². The largest absolute Gasteiger partial charge is 0.497 e. The first-order valence-electron chi connectivity index (χ1n) is 7.68.